The minimum atomic E-state index is -3.99. The van der Waals surface area contributed by atoms with Gasteiger partial charge in [0.25, 0.3) is 5.69 Å². The average Bonchev–Trinajstić information content (AvgIpc) is 2.36. The van der Waals surface area contributed by atoms with Crippen molar-refractivity contribution in [1.29, 1.82) is 0 Å². The minimum Gasteiger partial charge on any atom is -0.379 e. The van der Waals surface area contributed by atoms with Crippen LogP contribution in [-0.2, 0) is 14.8 Å². The summed E-state index contributed by atoms with van der Waals surface area (Å²) in [6, 6.07) is 3.41. The van der Waals surface area contributed by atoms with Crippen LogP contribution in [0.5, 0.6) is 0 Å². The fraction of sp³-hybridized carbons (Fsp3) is 0.538. The van der Waals surface area contributed by atoms with Gasteiger partial charge in [0.1, 0.15) is 5.69 Å². The van der Waals surface area contributed by atoms with Crippen molar-refractivity contribution >= 4 is 21.4 Å². The molecule has 9 heteroatoms. The number of sulfonamides is 1. The summed E-state index contributed by atoms with van der Waals surface area (Å²) in [7, 11) is -2.40. The monoisotopic (exact) mass is 331 g/mol. The third kappa shape index (κ3) is 4.93. The number of rotatable bonds is 7. The molecule has 0 aromatic heterocycles. The van der Waals surface area contributed by atoms with Gasteiger partial charge in [0.15, 0.2) is 0 Å². The first-order valence-electron chi connectivity index (χ1n) is 6.59. The zero-order valence-electron chi connectivity index (χ0n) is 13.0. The van der Waals surface area contributed by atoms with Crippen LogP contribution in [0.3, 0.4) is 0 Å². The summed E-state index contributed by atoms with van der Waals surface area (Å²) in [6.45, 7) is 5.67. The summed E-state index contributed by atoms with van der Waals surface area (Å²) in [5, 5.41) is 19.1. The highest BCUT2D eigenvalue weighted by atomic mass is 32.2. The smallest absolute Gasteiger partial charge is 0.293 e. The van der Waals surface area contributed by atoms with Gasteiger partial charge < -0.3 is 10.1 Å². The number of nitrogens with zero attached hydrogens (tertiary/aromatic N) is 1. The van der Waals surface area contributed by atoms with Crippen LogP contribution in [0.2, 0.25) is 0 Å². The van der Waals surface area contributed by atoms with Crippen molar-refractivity contribution in [2.24, 2.45) is 5.14 Å². The number of nitrogens with two attached hydrogens (primary N) is 1. The molecule has 3 N–H and O–H groups in total. The normalized spacial score (nSPS) is 13.7. The fourth-order valence-electron chi connectivity index (χ4n) is 2.10. The highest BCUT2D eigenvalue weighted by molar-refractivity contribution is 7.89. The molecule has 0 aliphatic carbocycles. The van der Waals surface area contributed by atoms with Gasteiger partial charge >= 0.3 is 0 Å². The zero-order valence-corrected chi connectivity index (χ0v) is 13.8. The molecule has 1 atom stereocenters. The largest absolute Gasteiger partial charge is 0.379 e. The van der Waals surface area contributed by atoms with Gasteiger partial charge in [0, 0.05) is 19.2 Å². The lowest BCUT2D eigenvalue weighted by Crippen LogP contribution is -2.31. The molecule has 1 aromatic carbocycles. The van der Waals surface area contributed by atoms with Crippen molar-refractivity contribution in [1.82, 2.24) is 0 Å². The van der Waals surface area contributed by atoms with Crippen LogP contribution in [0, 0.1) is 10.1 Å². The third-order valence-corrected chi connectivity index (χ3v) is 4.16. The number of methoxy groups -OCH3 is 1. The first kappa shape index (κ1) is 18.3. The maximum absolute atomic E-state index is 11.3. The molecule has 0 amide bonds. The molecule has 0 fully saturated rings. The van der Waals surface area contributed by atoms with Gasteiger partial charge in [-0.2, -0.15) is 0 Å². The molecule has 0 saturated carbocycles. The van der Waals surface area contributed by atoms with E-state index in [2.05, 4.69) is 5.32 Å². The van der Waals surface area contributed by atoms with E-state index < -0.39 is 14.9 Å². The Morgan fingerprint density at radius 3 is 2.50 bits per heavy atom. The van der Waals surface area contributed by atoms with E-state index in [1.807, 2.05) is 20.8 Å². The highest BCUT2D eigenvalue weighted by Gasteiger charge is 2.23. The van der Waals surface area contributed by atoms with Crippen molar-refractivity contribution in [3.05, 3.63) is 28.3 Å². The van der Waals surface area contributed by atoms with Gasteiger partial charge in [0.2, 0.25) is 10.0 Å². The van der Waals surface area contributed by atoms with Crippen molar-refractivity contribution < 1.29 is 18.1 Å². The summed E-state index contributed by atoms with van der Waals surface area (Å²) < 4.78 is 27.9. The van der Waals surface area contributed by atoms with E-state index in [-0.39, 0.29) is 27.9 Å². The van der Waals surface area contributed by atoms with Crippen LogP contribution in [0.4, 0.5) is 11.4 Å². The maximum Gasteiger partial charge on any atom is 0.293 e. The van der Waals surface area contributed by atoms with Crippen molar-refractivity contribution in [2.75, 3.05) is 12.4 Å². The quantitative estimate of drug-likeness (QED) is 0.580. The predicted octanol–water partition coefficient (Wildman–Crippen LogP) is 1.86. The Labute approximate surface area is 129 Å². The molecule has 22 heavy (non-hydrogen) atoms. The molecule has 1 aromatic rings. The van der Waals surface area contributed by atoms with Crippen LogP contribution in [-0.4, -0.2) is 32.1 Å². The summed E-state index contributed by atoms with van der Waals surface area (Å²) in [5.41, 5.74) is -0.493. The van der Waals surface area contributed by atoms with E-state index in [0.29, 0.717) is 6.42 Å². The minimum absolute atomic E-state index is 0.117. The van der Waals surface area contributed by atoms with E-state index in [1.54, 1.807) is 7.11 Å². The van der Waals surface area contributed by atoms with E-state index in [0.717, 1.165) is 6.07 Å². The molecule has 0 saturated heterocycles. The average molecular weight is 331 g/mol. The van der Waals surface area contributed by atoms with Gasteiger partial charge in [-0.3, -0.25) is 10.1 Å². The second kappa shape index (κ2) is 6.59. The topological polar surface area (TPSA) is 125 Å². The Morgan fingerprint density at radius 2 is 2.05 bits per heavy atom. The van der Waals surface area contributed by atoms with E-state index in [4.69, 9.17) is 9.88 Å². The summed E-state index contributed by atoms with van der Waals surface area (Å²) in [4.78, 5) is 10.2. The SMILES string of the molecule is COC(C)(C)CC(C)Nc1ccc(S(N)(=O)=O)cc1[N+](=O)[O-]. The van der Waals surface area contributed by atoms with Gasteiger partial charge in [-0.05, 0) is 39.3 Å². The second-order valence-corrected chi connectivity index (χ2v) is 7.26. The molecule has 1 rings (SSSR count). The second-order valence-electron chi connectivity index (χ2n) is 5.69. The van der Waals surface area contributed by atoms with E-state index in [1.165, 1.54) is 12.1 Å². The third-order valence-electron chi connectivity index (χ3n) is 3.25. The molecule has 8 nitrogen and oxygen atoms in total. The van der Waals surface area contributed by atoms with E-state index >= 15 is 0 Å². The Balaban J connectivity index is 3.07. The lowest BCUT2D eigenvalue weighted by Gasteiger charge is -2.27. The zero-order chi connectivity index (χ0) is 17.1. The molecular weight excluding hydrogens is 310 g/mol. The van der Waals surface area contributed by atoms with Crippen LogP contribution in [0.25, 0.3) is 0 Å². The van der Waals surface area contributed by atoms with Crippen LogP contribution in [0.15, 0.2) is 23.1 Å². The number of ether oxygens (including phenoxy) is 1. The molecule has 124 valence electrons. The Hall–Kier alpha value is -1.71. The molecule has 1 unspecified atom stereocenters. The Morgan fingerprint density at radius 1 is 1.45 bits per heavy atom. The first-order valence-corrected chi connectivity index (χ1v) is 8.14. The van der Waals surface area contributed by atoms with E-state index in [9.17, 15) is 18.5 Å². The number of benzene rings is 1. The molecule has 0 aliphatic rings. The predicted molar refractivity (Wildman–Crippen MR) is 83.3 cm³/mol. The molecule has 0 bridgehead atoms. The fourth-order valence-corrected chi connectivity index (χ4v) is 2.63. The van der Waals surface area contributed by atoms with Crippen LogP contribution >= 0.6 is 0 Å². The maximum atomic E-state index is 11.3. The number of anilines is 1. The van der Waals surface area contributed by atoms with Crippen molar-refractivity contribution in [2.45, 2.75) is 43.7 Å². The molecule has 0 aliphatic heterocycles. The molecule has 0 spiro atoms. The summed E-state index contributed by atoms with van der Waals surface area (Å²) >= 11 is 0. The lowest BCUT2D eigenvalue weighted by molar-refractivity contribution is -0.384. The first-order chi connectivity index (χ1) is 9.96. The van der Waals surface area contributed by atoms with Crippen molar-refractivity contribution in [3.8, 4) is 0 Å². The standard InChI is InChI=1S/C13H21N3O5S/c1-9(8-13(2,3)21-4)15-11-6-5-10(22(14,19)20)7-12(11)16(17)18/h5-7,9,15H,8H2,1-4H3,(H2,14,19,20). The Bertz CT molecular complexity index is 658. The number of nitrogens with one attached hydrogen (secondary N) is 1. The molecule has 0 heterocycles. The molecule has 0 radical (unpaired) electrons. The number of nitro benzene ring substituents is 1. The van der Waals surface area contributed by atoms with Gasteiger partial charge in [-0.25, -0.2) is 13.6 Å². The molecular formula is C13H21N3O5S. The van der Waals surface area contributed by atoms with Gasteiger partial charge in [0.05, 0.1) is 15.4 Å². The van der Waals surface area contributed by atoms with Crippen LogP contribution in [0.1, 0.15) is 27.2 Å². The number of primary sulfonamides is 1. The number of hydrogen-bond acceptors (Lipinski definition) is 6. The highest BCUT2D eigenvalue weighted by Crippen LogP contribution is 2.29. The van der Waals surface area contributed by atoms with Crippen LogP contribution < -0.4 is 10.5 Å². The number of hydrogen-bond donors (Lipinski definition) is 2. The lowest BCUT2D eigenvalue weighted by atomic mass is 9.99. The number of nitro groups is 1. The summed E-state index contributed by atoms with van der Waals surface area (Å²) in [6.07, 6.45) is 0.609. The van der Waals surface area contributed by atoms with Crippen molar-refractivity contribution in [3.63, 3.8) is 0 Å². The summed E-state index contributed by atoms with van der Waals surface area (Å²) in [5.74, 6) is 0. The Kier molecular flexibility index (Phi) is 5.49. The van der Waals surface area contributed by atoms with Gasteiger partial charge in [-0.15, -0.1) is 0 Å². The van der Waals surface area contributed by atoms with Gasteiger partial charge in [-0.1, -0.05) is 0 Å².